The fourth-order valence-corrected chi connectivity index (χ4v) is 1.16. The van der Waals surface area contributed by atoms with Crippen molar-refractivity contribution in [2.45, 2.75) is 0 Å². The zero-order valence-electron chi connectivity index (χ0n) is 7.82. The van der Waals surface area contributed by atoms with Gasteiger partial charge in [-0.25, -0.2) is 4.39 Å². The van der Waals surface area contributed by atoms with Crippen molar-refractivity contribution in [3.8, 4) is 11.5 Å². The topological polar surface area (TPSA) is 58.9 Å². The molecule has 0 radical (unpaired) electrons. The monoisotopic (exact) mass is 200 g/mol. The smallest absolute Gasteiger partial charge is 0.496 e. The van der Waals surface area contributed by atoms with Gasteiger partial charge in [0.25, 0.3) is 0 Å². The third-order valence-electron chi connectivity index (χ3n) is 1.77. The highest BCUT2D eigenvalue weighted by molar-refractivity contribution is 6.60. The second-order valence-electron chi connectivity index (χ2n) is 2.60. The molecule has 0 amide bonds. The van der Waals surface area contributed by atoms with E-state index in [0.717, 1.165) is 12.1 Å². The second-order valence-corrected chi connectivity index (χ2v) is 2.60. The molecule has 0 fully saturated rings. The lowest BCUT2D eigenvalue weighted by atomic mass is 9.78. The van der Waals surface area contributed by atoms with Crippen molar-refractivity contribution in [3.05, 3.63) is 17.9 Å². The summed E-state index contributed by atoms with van der Waals surface area (Å²) < 4.78 is 22.5. The van der Waals surface area contributed by atoms with E-state index < -0.39 is 12.9 Å². The van der Waals surface area contributed by atoms with Crippen LogP contribution in [0, 0.1) is 5.82 Å². The standard InChI is InChI=1S/C8H10BFO4/c1-13-6-3-5(10)4-7(14-2)8(6)9(11)12/h3-4,11-12H,1-2H3. The maximum absolute atomic E-state index is 12.9. The normalized spacial score (nSPS) is 9.79. The second kappa shape index (κ2) is 4.30. The van der Waals surface area contributed by atoms with Gasteiger partial charge in [0, 0.05) is 12.1 Å². The van der Waals surface area contributed by atoms with Crippen molar-refractivity contribution in [2.24, 2.45) is 0 Å². The van der Waals surface area contributed by atoms with E-state index in [2.05, 4.69) is 0 Å². The minimum absolute atomic E-state index is 0.0106. The minimum atomic E-state index is -1.76. The molecule has 6 heteroatoms. The molecule has 1 aromatic carbocycles. The molecule has 0 aliphatic heterocycles. The summed E-state index contributed by atoms with van der Waals surface area (Å²) in [6, 6.07) is 2.11. The van der Waals surface area contributed by atoms with Gasteiger partial charge in [-0.1, -0.05) is 0 Å². The van der Waals surface area contributed by atoms with Crippen LogP contribution in [0.1, 0.15) is 0 Å². The minimum Gasteiger partial charge on any atom is -0.497 e. The lowest BCUT2D eigenvalue weighted by molar-refractivity contribution is 0.381. The van der Waals surface area contributed by atoms with Crippen molar-refractivity contribution in [1.29, 1.82) is 0 Å². The van der Waals surface area contributed by atoms with Crippen LogP contribution >= 0.6 is 0 Å². The molecule has 1 aromatic rings. The number of benzene rings is 1. The summed E-state index contributed by atoms with van der Waals surface area (Å²) in [6.45, 7) is 0. The molecule has 0 atom stereocenters. The van der Waals surface area contributed by atoms with Gasteiger partial charge in [0.15, 0.2) is 0 Å². The predicted octanol–water partition coefficient (Wildman–Crippen LogP) is -0.477. The van der Waals surface area contributed by atoms with E-state index in [1.54, 1.807) is 0 Å². The molecule has 0 heterocycles. The Balaban J connectivity index is 3.33. The Kier molecular flexibility index (Phi) is 3.32. The first kappa shape index (κ1) is 10.8. The molecule has 0 aromatic heterocycles. The van der Waals surface area contributed by atoms with E-state index in [1.807, 2.05) is 0 Å². The van der Waals surface area contributed by atoms with Gasteiger partial charge >= 0.3 is 7.12 Å². The highest BCUT2D eigenvalue weighted by Crippen LogP contribution is 2.19. The van der Waals surface area contributed by atoms with Gasteiger partial charge in [-0.3, -0.25) is 0 Å². The van der Waals surface area contributed by atoms with Gasteiger partial charge in [0.1, 0.15) is 17.3 Å². The van der Waals surface area contributed by atoms with Gasteiger partial charge in [0.05, 0.1) is 19.7 Å². The Hall–Kier alpha value is -1.27. The van der Waals surface area contributed by atoms with Gasteiger partial charge in [-0.2, -0.15) is 0 Å². The Morgan fingerprint density at radius 1 is 1.14 bits per heavy atom. The number of methoxy groups -OCH3 is 2. The molecule has 0 unspecified atom stereocenters. The van der Waals surface area contributed by atoms with Crippen LogP contribution in [0.15, 0.2) is 12.1 Å². The Labute approximate surface area is 81.0 Å². The Morgan fingerprint density at radius 2 is 1.57 bits per heavy atom. The summed E-state index contributed by atoms with van der Waals surface area (Å²) in [5.74, 6) is -0.489. The van der Waals surface area contributed by atoms with Gasteiger partial charge in [-0.15, -0.1) is 0 Å². The summed E-state index contributed by atoms with van der Waals surface area (Å²) in [6.07, 6.45) is 0. The van der Waals surface area contributed by atoms with Crippen LogP contribution in [0.3, 0.4) is 0 Å². The van der Waals surface area contributed by atoms with Crippen LogP contribution in [0.2, 0.25) is 0 Å². The molecule has 0 saturated heterocycles. The van der Waals surface area contributed by atoms with E-state index in [-0.39, 0.29) is 17.0 Å². The third kappa shape index (κ3) is 1.97. The zero-order chi connectivity index (χ0) is 10.7. The van der Waals surface area contributed by atoms with Crippen LogP contribution in [0.5, 0.6) is 11.5 Å². The molecule has 2 N–H and O–H groups in total. The number of rotatable bonds is 3. The van der Waals surface area contributed by atoms with Crippen molar-refractivity contribution in [2.75, 3.05) is 14.2 Å². The molecule has 0 aliphatic carbocycles. The maximum Gasteiger partial charge on any atom is 0.496 e. The van der Waals surface area contributed by atoms with Gasteiger partial charge in [0.2, 0.25) is 0 Å². The highest BCUT2D eigenvalue weighted by Gasteiger charge is 2.23. The summed E-state index contributed by atoms with van der Waals surface area (Å²) in [5.41, 5.74) is 0.0106. The molecule has 0 aliphatic rings. The number of ether oxygens (including phenoxy) is 2. The average molecular weight is 200 g/mol. The molecule has 0 bridgehead atoms. The molecule has 4 nitrogen and oxygen atoms in total. The Bertz CT molecular complexity index is 304. The lowest BCUT2D eigenvalue weighted by Gasteiger charge is -2.12. The number of halogens is 1. The van der Waals surface area contributed by atoms with Crippen molar-refractivity contribution >= 4 is 12.6 Å². The van der Waals surface area contributed by atoms with Crippen LogP contribution in [0.4, 0.5) is 4.39 Å². The van der Waals surface area contributed by atoms with Gasteiger partial charge < -0.3 is 19.5 Å². The molecule has 0 saturated carbocycles. The van der Waals surface area contributed by atoms with E-state index in [1.165, 1.54) is 14.2 Å². The van der Waals surface area contributed by atoms with Crippen LogP contribution in [-0.2, 0) is 0 Å². The third-order valence-corrected chi connectivity index (χ3v) is 1.77. The van der Waals surface area contributed by atoms with E-state index in [0.29, 0.717) is 0 Å². The number of hydrogen-bond acceptors (Lipinski definition) is 4. The summed E-state index contributed by atoms with van der Waals surface area (Å²) in [5, 5.41) is 18.0. The van der Waals surface area contributed by atoms with Gasteiger partial charge in [-0.05, 0) is 0 Å². The van der Waals surface area contributed by atoms with Crippen molar-refractivity contribution in [3.63, 3.8) is 0 Å². The zero-order valence-corrected chi connectivity index (χ0v) is 7.82. The first-order chi connectivity index (χ1) is 6.60. The van der Waals surface area contributed by atoms with Crippen molar-refractivity contribution in [1.82, 2.24) is 0 Å². The summed E-state index contributed by atoms with van der Waals surface area (Å²) in [7, 11) is 0.848. The first-order valence-corrected chi connectivity index (χ1v) is 3.87. The molecule has 76 valence electrons. The average Bonchev–Trinajstić information content (AvgIpc) is 2.15. The molecular formula is C8H10BFO4. The molecule has 1 rings (SSSR count). The van der Waals surface area contributed by atoms with E-state index in [9.17, 15) is 4.39 Å². The maximum atomic E-state index is 12.9. The quantitative estimate of drug-likeness (QED) is 0.647. The summed E-state index contributed by atoms with van der Waals surface area (Å²) in [4.78, 5) is 0. The SMILES string of the molecule is COc1cc(F)cc(OC)c1B(O)O. The molecular weight excluding hydrogens is 190 g/mol. The summed E-state index contributed by atoms with van der Waals surface area (Å²) >= 11 is 0. The van der Waals surface area contributed by atoms with E-state index in [4.69, 9.17) is 19.5 Å². The lowest BCUT2D eigenvalue weighted by Crippen LogP contribution is -2.32. The Morgan fingerprint density at radius 3 is 1.86 bits per heavy atom. The highest BCUT2D eigenvalue weighted by atomic mass is 19.1. The fourth-order valence-electron chi connectivity index (χ4n) is 1.16. The first-order valence-electron chi connectivity index (χ1n) is 3.87. The van der Waals surface area contributed by atoms with Crippen LogP contribution < -0.4 is 14.9 Å². The number of hydrogen-bond donors (Lipinski definition) is 2. The van der Waals surface area contributed by atoms with Crippen molar-refractivity contribution < 1.29 is 23.9 Å². The van der Waals surface area contributed by atoms with Crippen LogP contribution in [-0.4, -0.2) is 31.4 Å². The van der Waals surface area contributed by atoms with E-state index >= 15 is 0 Å². The van der Waals surface area contributed by atoms with Crippen LogP contribution in [0.25, 0.3) is 0 Å². The fraction of sp³-hybridized carbons (Fsp3) is 0.250. The molecule has 14 heavy (non-hydrogen) atoms. The predicted molar refractivity (Wildman–Crippen MR) is 49.3 cm³/mol. The largest absolute Gasteiger partial charge is 0.497 e. The molecule has 0 spiro atoms.